The second-order valence-electron chi connectivity index (χ2n) is 9.57. The predicted molar refractivity (Wildman–Crippen MR) is 137 cm³/mol. The second-order valence-corrected chi connectivity index (χ2v) is 9.57. The summed E-state index contributed by atoms with van der Waals surface area (Å²) < 4.78 is 26.9. The van der Waals surface area contributed by atoms with Gasteiger partial charge in [-0.25, -0.2) is 9.59 Å². The number of carbonyl (C=O) groups excluding carboxylic acids is 2. The number of hydrogen-bond donors (Lipinski definition) is 8. The fraction of sp³-hybridized carbons (Fsp3) is 0.462. The molecule has 2 heterocycles. The summed E-state index contributed by atoms with van der Waals surface area (Å²) in [6, 6.07) is 12.1. The van der Waals surface area contributed by atoms with Gasteiger partial charge in [-0.3, -0.25) is 0 Å². The molecule has 224 valence electrons. The van der Waals surface area contributed by atoms with E-state index in [0.29, 0.717) is 0 Å². The van der Waals surface area contributed by atoms with Crippen LogP contribution in [0.5, 0.6) is 0 Å². The molecule has 2 aliphatic heterocycles. The van der Waals surface area contributed by atoms with E-state index in [1.807, 2.05) is 0 Å². The average molecular weight is 581 g/mol. The summed E-state index contributed by atoms with van der Waals surface area (Å²) >= 11 is 0. The minimum absolute atomic E-state index is 0.0450. The van der Waals surface area contributed by atoms with Gasteiger partial charge in [0.25, 0.3) is 0 Å². The SMILES string of the molecule is Nc1ccccc1C(=O)OC[C@@H]1O[C@H](O[C@]2(CO)O[C@H](COC(=O)c3ccccc3N)[C@H](O)[C@@H]2O)[C@@H](O)[C@H](O)[C@H]1O. The standard InChI is InChI=1S/C26H32N2O13/c27-14-7-3-1-5-12(14)23(35)37-9-16-18(30)20(32)21(33)25(39-16)41-26(11-29)22(34)19(31)17(40-26)10-38-24(36)13-6-2-4-8-15(13)28/h1-8,16-22,25,29-34H,9-11,27-28H2/t16-,17+,18-,19-,20+,21-,22-,25+,26-/m0/s1. The van der Waals surface area contributed by atoms with Gasteiger partial charge >= 0.3 is 11.9 Å². The van der Waals surface area contributed by atoms with Crippen LogP contribution in [0, 0.1) is 0 Å². The summed E-state index contributed by atoms with van der Waals surface area (Å²) in [5.74, 6) is -4.11. The first-order valence-electron chi connectivity index (χ1n) is 12.5. The van der Waals surface area contributed by atoms with Crippen molar-refractivity contribution in [3.05, 3.63) is 59.7 Å². The van der Waals surface area contributed by atoms with Gasteiger partial charge in [-0.05, 0) is 24.3 Å². The number of ether oxygens (including phenoxy) is 5. The lowest BCUT2D eigenvalue weighted by Gasteiger charge is -2.43. The van der Waals surface area contributed by atoms with E-state index in [9.17, 15) is 40.2 Å². The number of anilines is 2. The maximum absolute atomic E-state index is 12.4. The Bertz CT molecular complexity index is 1230. The lowest BCUT2D eigenvalue weighted by molar-refractivity contribution is -0.383. The van der Waals surface area contributed by atoms with E-state index in [-0.39, 0.29) is 22.5 Å². The molecule has 0 radical (unpaired) electrons. The number of nitrogen functional groups attached to an aromatic ring is 2. The third-order valence-electron chi connectivity index (χ3n) is 6.83. The van der Waals surface area contributed by atoms with Crippen LogP contribution in [0.2, 0.25) is 0 Å². The van der Waals surface area contributed by atoms with Crippen LogP contribution in [0.3, 0.4) is 0 Å². The number of nitrogens with two attached hydrogens (primary N) is 2. The van der Waals surface area contributed by atoms with Crippen molar-refractivity contribution >= 4 is 23.3 Å². The first-order valence-corrected chi connectivity index (χ1v) is 12.5. The molecule has 0 unspecified atom stereocenters. The molecule has 15 heteroatoms. The Morgan fingerprint density at radius 3 is 1.78 bits per heavy atom. The summed E-state index contributed by atoms with van der Waals surface area (Å²) in [5, 5.41) is 62.5. The molecule has 2 fully saturated rings. The Balaban J connectivity index is 1.42. The summed E-state index contributed by atoms with van der Waals surface area (Å²) in [6.07, 6.45) is -14.0. The van der Waals surface area contributed by atoms with Crippen molar-refractivity contribution in [2.75, 3.05) is 31.3 Å². The fourth-order valence-electron chi connectivity index (χ4n) is 4.44. The molecule has 4 rings (SSSR count). The summed E-state index contributed by atoms with van der Waals surface area (Å²) in [6.45, 7) is -2.29. The number of para-hydroxylation sites is 2. The highest BCUT2D eigenvalue weighted by atomic mass is 16.8. The van der Waals surface area contributed by atoms with Crippen LogP contribution in [-0.4, -0.2) is 117 Å². The van der Waals surface area contributed by atoms with Crippen molar-refractivity contribution in [2.45, 2.75) is 54.8 Å². The summed E-state index contributed by atoms with van der Waals surface area (Å²) in [7, 11) is 0. The number of benzene rings is 2. The van der Waals surface area contributed by atoms with Gasteiger partial charge in [-0.1, -0.05) is 24.3 Å². The molecule has 2 saturated heterocycles. The molecule has 0 saturated carbocycles. The van der Waals surface area contributed by atoms with Crippen LogP contribution in [-0.2, 0) is 23.7 Å². The minimum Gasteiger partial charge on any atom is -0.459 e. The minimum atomic E-state index is -2.42. The van der Waals surface area contributed by atoms with Crippen LogP contribution < -0.4 is 11.5 Å². The number of aliphatic hydroxyl groups is 6. The van der Waals surface area contributed by atoms with E-state index < -0.39 is 86.6 Å². The van der Waals surface area contributed by atoms with Gasteiger partial charge in [-0.2, -0.15) is 0 Å². The maximum atomic E-state index is 12.4. The lowest BCUT2D eigenvalue weighted by Crippen LogP contribution is -2.62. The molecule has 2 aliphatic rings. The molecule has 0 amide bonds. The number of hydrogen-bond acceptors (Lipinski definition) is 15. The number of aliphatic hydroxyl groups excluding tert-OH is 6. The number of carbonyl (C=O) groups is 2. The zero-order valence-corrected chi connectivity index (χ0v) is 21.6. The largest absolute Gasteiger partial charge is 0.459 e. The van der Waals surface area contributed by atoms with Gasteiger partial charge in [0, 0.05) is 11.4 Å². The highest BCUT2D eigenvalue weighted by Gasteiger charge is 2.58. The van der Waals surface area contributed by atoms with Crippen molar-refractivity contribution in [1.82, 2.24) is 0 Å². The van der Waals surface area contributed by atoms with Crippen LogP contribution in [0.1, 0.15) is 20.7 Å². The van der Waals surface area contributed by atoms with Crippen LogP contribution in [0.4, 0.5) is 11.4 Å². The smallest absolute Gasteiger partial charge is 0.340 e. The van der Waals surface area contributed by atoms with E-state index in [1.54, 1.807) is 24.3 Å². The van der Waals surface area contributed by atoms with E-state index in [4.69, 9.17) is 35.2 Å². The molecule has 0 aromatic heterocycles. The molecular weight excluding hydrogens is 548 g/mol. The third-order valence-corrected chi connectivity index (χ3v) is 6.83. The van der Waals surface area contributed by atoms with Crippen molar-refractivity contribution in [3.63, 3.8) is 0 Å². The molecule has 15 nitrogen and oxygen atoms in total. The summed E-state index contributed by atoms with van der Waals surface area (Å²) in [4.78, 5) is 24.8. The van der Waals surface area contributed by atoms with E-state index in [0.717, 1.165) is 0 Å². The monoisotopic (exact) mass is 580 g/mol. The van der Waals surface area contributed by atoms with Gasteiger partial charge in [0.15, 0.2) is 6.29 Å². The van der Waals surface area contributed by atoms with Crippen molar-refractivity contribution in [3.8, 4) is 0 Å². The second kappa shape index (κ2) is 12.6. The number of esters is 2. The Kier molecular flexibility index (Phi) is 9.43. The normalized spacial score (nSPS) is 33.3. The zero-order chi connectivity index (χ0) is 29.9. The molecule has 41 heavy (non-hydrogen) atoms. The topological polar surface area (TPSA) is 254 Å². The van der Waals surface area contributed by atoms with Crippen molar-refractivity contribution in [2.24, 2.45) is 0 Å². The predicted octanol–water partition coefficient (Wildman–Crippen LogP) is -2.50. The van der Waals surface area contributed by atoms with Gasteiger partial charge in [0.05, 0.1) is 11.1 Å². The molecule has 0 bridgehead atoms. The maximum Gasteiger partial charge on any atom is 0.340 e. The number of rotatable bonds is 9. The first kappa shape index (κ1) is 30.6. The Hall–Kier alpha value is -3.38. The Morgan fingerprint density at radius 2 is 1.27 bits per heavy atom. The van der Waals surface area contributed by atoms with Crippen molar-refractivity contribution in [1.29, 1.82) is 0 Å². The molecule has 2 aromatic carbocycles. The van der Waals surface area contributed by atoms with E-state index >= 15 is 0 Å². The summed E-state index contributed by atoms with van der Waals surface area (Å²) in [5.41, 5.74) is 11.9. The molecular formula is C26H32N2O13. The van der Waals surface area contributed by atoms with Gasteiger partial charge in [-0.15, -0.1) is 0 Å². The first-order chi connectivity index (χ1) is 19.5. The van der Waals surface area contributed by atoms with Gasteiger partial charge < -0.3 is 65.8 Å². The van der Waals surface area contributed by atoms with Gasteiger partial charge in [0.1, 0.15) is 62.5 Å². The molecule has 0 spiro atoms. The lowest BCUT2D eigenvalue weighted by atomic mass is 9.99. The Morgan fingerprint density at radius 1 is 0.756 bits per heavy atom. The van der Waals surface area contributed by atoms with Crippen LogP contribution in [0.25, 0.3) is 0 Å². The van der Waals surface area contributed by atoms with E-state index in [1.165, 1.54) is 24.3 Å². The van der Waals surface area contributed by atoms with Crippen LogP contribution in [0.15, 0.2) is 48.5 Å². The average Bonchev–Trinajstić information content (AvgIpc) is 3.20. The fourth-order valence-corrected chi connectivity index (χ4v) is 4.44. The highest BCUT2D eigenvalue weighted by Crippen LogP contribution is 2.36. The third kappa shape index (κ3) is 6.28. The molecule has 0 aliphatic carbocycles. The zero-order valence-electron chi connectivity index (χ0n) is 21.6. The van der Waals surface area contributed by atoms with Gasteiger partial charge in [0.2, 0.25) is 5.79 Å². The quantitative estimate of drug-likeness (QED) is 0.113. The van der Waals surface area contributed by atoms with E-state index in [2.05, 4.69) is 0 Å². The highest BCUT2D eigenvalue weighted by molar-refractivity contribution is 5.95. The van der Waals surface area contributed by atoms with Crippen molar-refractivity contribution < 1.29 is 63.9 Å². The Labute approximate surface area is 233 Å². The van der Waals surface area contributed by atoms with Crippen LogP contribution >= 0.6 is 0 Å². The molecule has 9 atom stereocenters. The molecule has 10 N–H and O–H groups in total. The molecule has 2 aromatic rings.